The predicted molar refractivity (Wildman–Crippen MR) is 91.6 cm³/mol. The van der Waals surface area contributed by atoms with Gasteiger partial charge in [-0.05, 0) is 51.5 Å². The van der Waals surface area contributed by atoms with Crippen molar-refractivity contribution in [2.45, 2.75) is 27.7 Å². The Morgan fingerprint density at radius 3 is 2.32 bits per heavy atom. The molecule has 0 saturated heterocycles. The maximum absolute atomic E-state index is 12.7. The van der Waals surface area contributed by atoms with Crippen LogP contribution in [0.1, 0.15) is 32.7 Å². The Kier molecular flexibility index (Phi) is 3.49. The van der Waals surface area contributed by atoms with E-state index in [0.717, 1.165) is 39.0 Å². The van der Waals surface area contributed by atoms with E-state index < -0.39 is 0 Å². The van der Waals surface area contributed by atoms with Crippen molar-refractivity contribution in [1.29, 1.82) is 0 Å². The van der Waals surface area contributed by atoms with E-state index in [2.05, 4.69) is 36.3 Å². The maximum atomic E-state index is 12.7. The molecule has 0 atom stereocenters. The van der Waals surface area contributed by atoms with Crippen molar-refractivity contribution in [1.82, 2.24) is 4.98 Å². The van der Waals surface area contributed by atoms with Crippen molar-refractivity contribution < 1.29 is 4.79 Å². The molecule has 3 aromatic rings. The Labute approximate surface area is 130 Å². The van der Waals surface area contributed by atoms with Crippen LogP contribution in [0.5, 0.6) is 0 Å². The highest BCUT2D eigenvalue weighted by atomic mass is 16.1. The van der Waals surface area contributed by atoms with E-state index in [-0.39, 0.29) is 5.91 Å². The molecule has 3 heteroatoms. The zero-order valence-corrected chi connectivity index (χ0v) is 13.4. The average Bonchev–Trinajstić information content (AvgIpc) is 2.78. The molecule has 0 unspecified atom stereocenters. The van der Waals surface area contributed by atoms with Crippen molar-refractivity contribution in [3.63, 3.8) is 0 Å². The number of carbonyl (C=O) groups excluding carboxylic acids is 1. The van der Waals surface area contributed by atoms with Crippen molar-refractivity contribution in [2.75, 3.05) is 5.32 Å². The molecule has 3 nitrogen and oxygen atoms in total. The van der Waals surface area contributed by atoms with Crippen LogP contribution in [-0.4, -0.2) is 10.9 Å². The van der Waals surface area contributed by atoms with E-state index >= 15 is 0 Å². The lowest BCUT2D eigenvalue weighted by molar-refractivity contribution is 0.102. The van der Waals surface area contributed by atoms with Gasteiger partial charge in [0.05, 0.1) is 5.56 Å². The van der Waals surface area contributed by atoms with Crippen molar-refractivity contribution in [3.8, 4) is 0 Å². The van der Waals surface area contributed by atoms with Gasteiger partial charge in [0.15, 0.2) is 0 Å². The topological polar surface area (TPSA) is 44.9 Å². The second kappa shape index (κ2) is 5.34. The van der Waals surface area contributed by atoms with Gasteiger partial charge < -0.3 is 10.3 Å². The molecule has 0 radical (unpaired) electrons. The zero-order valence-electron chi connectivity index (χ0n) is 13.4. The van der Waals surface area contributed by atoms with E-state index in [1.807, 2.05) is 38.1 Å². The van der Waals surface area contributed by atoms with Crippen LogP contribution in [0.3, 0.4) is 0 Å². The molecule has 0 fully saturated rings. The van der Waals surface area contributed by atoms with E-state index in [0.29, 0.717) is 0 Å². The summed E-state index contributed by atoms with van der Waals surface area (Å²) in [6, 6.07) is 12.0. The van der Waals surface area contributed by atoms with Gasteiger partial charge >= 0.3 is 0 Å². The van der Waals surface area contributed by atoms with Crippen molar-refractivity contribution in [2.24, 2.45) is 0 Å². The van der Waals surface area contributed by atoms with Gasteiger partial charge in [0.1, 0.15) is 0 Å². The Bertz CT molecular complexity index is 857. The summed E-state index contributed by atoms with van der Waals surface area (Å²) in [5.41, 5.74) is 6.97. The highest BCUT2D eigenvalue weighted by Crippen LogP contribution is 2.27. The fraction of sp³-hybridized carbons (Fsp3) is 0.211. The summed E-state index contributed by atoms with van der Waals surface area (Å²) in [6.45, 7) is 8.09. The number of anilines is 1. The lowest BCUT2D eigenvalue weighted by atomic mass is 10.0. The number of nitrogens with one attached hydrogen (secondary N) is 2. The Morgan fingerprint density at radius 2 is 1.64 bits per heavy atom. The van der Waals surface area contributed by atoms with Crippen LogP contribution in [-0.2, 0) is 0 Å². The quantitative estimate of drug-likeness (QED) is 0.709. The number of hydrogen-bond acceptors (Lipinski definition) is 1. The Hall–Kier alpha value is -2.55. The molecule has 0 aliphatic rings. The van der Waals surface area contributed by atoms with Gasteiger partial charge in [-0.3, -0.25) is 4.79 Å². The lowest BCUT2D eigenvalue weighted by Gasteiger charge is -2.06. The summed E-state index contributed by atoms with van der Waals surface area (Å²) >= 11 is 0. The lowest BCUT2D eigenvalue weighted by Crippen LogP contribution is -2.12. The summed E-state index contributed by atoms with van der Waals surface area (Å²) in [6.07, 6.45) is 0. The third-order valence-corrected chi connectivity index (χ3v) is 3.97. The summed E-state index contributed by atoms with van der Waals surface area (Å²) < 4.78 is 0. The first kappa shape index (κ1) is 14.4. The highest BCUT2D eigenvalue weighted by molar-refractivity contribution is 6.14. The van der Waals surface area contributed by atoms with Gasteiger partial charge in [-0.25, -0.2) is 0 Å². The molecular formula is C19H20N2O. The molecule has 1 heterocycles. The number of rotatable bonds is 2. The first-order chi connectivity index (χ1) is 10.5. The molecule has 2 aromatic carbocycles. The standard InChI is InChI=1S/C19H20N2O/c1-11-5-7-15(8-6-11)21-19(22)17-14(4)20-18-13(3)9-12(2)10-16(17)18/h5-10,20H,1-4H3,(H,21,22). The minimum Gasteiger partial charge on any atom is -0.358 e. The Morgan fingerprint density at radius 1 is 0.955 bits per heavy atom. The largest absolute Gasteiger partial charge is 0.358 e. The molecule has 112 valence electrons. The van der Waals surface area contributed by atoms with Gasteiger partial charge in [-0.2, -0.15) is 0 Å². The number of aromatic amines is 1. The molecule has 1 amide bonds. The van der Waals surface area contributed by atoms with Crippen LogP contribution in [0.25, 0.3) is 10.9 Å². The van der Waals surface area contributed by atoms with Crippen LogP contribution in [0.2, 0.25) is 0 Å². The smallest absolute Gasteiger partial charge is 0.258 e. The van der Waals surface area contributed by atoms with Gasteiger partial charge in [0.25, 0.3) is 5.91 Å². The summed E-state index contributed by atoms with van der Waals surface area (Å²) in [5, 5.41) is 3.97. The van der Waals surface area contributed by atoms with Crippen LogP contribution in [0, 0.1) is 27.7 Å². The number of aryl methyl sites for hydroxylation is 4. The van der Waals surface area contributed by atoms with Crippen LogP contribution >= 0.6 is 0 Å². The number of amides is 1. The normalized spacial score (nSPS) is 10.9. The fourth-order valence-corrected chi connectivity index (χ4v) is 2.91. The molecule has 1 aromatic heterocycles. The van der Waals surface area contributed by atoms with Crippen molar-refractivity contribution >= 4 is 22.5 Å². The molecule has 22 heavy (non-hydrogen) atoms. The fourth-order valence-electron chi connectivity index (χ4n) is 2.91. The molecule has 0 spiro atoms. The predicted octanol–water partition coefficient (Wildman–Crippen LogP) is 4.65. The Balaban J connectivity index is 2.03. The molecule has 0 saturated carbocycles. The first-order valence-corrected chi connectivity index (χ1v) is 7.43. The van der Waals surface area contributed by atoms with E-state index in [4.69, 9.17) is 0 Å². The molecule has 0 aliphatic carbocycles. The number of H-pyrrole nitrogens is 1. The molecular weight excluding hydrogens is 272 g/mol. The number of hydrogen-bond donors (Lipinski definition) is 2. The van der Waals surface area contributed by atoms with E-state index in [1.165, 1.54) is 5.56 Å². The number of fused-ring (bicyclic) bond motifs is 1. The summed E-state index contributed by atoms with van der Waals surface area (Å²) in [4.78, 5) is 16.0. The third kappa shape index (κ3) is 2.50. The number of benzene rings is 2. The first-order valence-electron chi connectivity index (χ1n) is 7.43. The number of carbonyl (C=O) groups is 1. The second-order valence-electron chi connectivity index (χ2n) is 5.95. The van der Waals surface area contributed by atoms with Crippen LogP contribution in [0.15, 0.2) is 36.4 Å². The molecule has 0 bridgehead atoms. The molecule has 0 aliphatic heterocycles. The molecule has 2 N–H and O–H groups in total. The van der Waals surface area contributed by atoms with E-state index in [9.17, 15) is 4.79 Å². The summed E-state index contributed by atoms with van der Waals surface area (Å²) in [7, 11) is 0. The minimum atomic E-state index is -0.0717. The van der Waals surface area contributed by atoms with Gasteiger partial charge in [0.2, 0.25) is 0 Å². The third-order valence-electron chi connectivity index (χ3n) is 3.97. The maximum Gasteiger partial charge on any atom is 0.258 e. The van der Waals surface area contributed by atoms with Crippen molar-refractivity contribution in [3.05, 3.63) is 64.3 Å². The highest BCUT2D eigenvalue weighted by Gasteiger charge is 2.17. The second-order valence-corrected chi connectivity index (χ2v) is 5.95. The van der Waals surface area contributed by atoms with Crippen LogP contribution in [0.4, 0.5) is 5.69 Å². The zero-order chi connectivity index (χ0) is 15.9. The SMILES string of the molecule is Cc1ccc(NC(=O)c2c(C)[nH]c3c(C)cc(C)cc23)cc1. The minimum absolute atomic E-state index is 0.0717. The monoisotopic (exact) mass is 292 g/mol. The van der Waals surface area contributed by atoms with Crippen LogP contribution < -0.4 is 5.32 Å². The van der Waals surface area contributed by atoms with Gasteiger partial charge in [0, 0.05) is 22.3 Å². The van der Waals surface area contributed by atoms with Gasteiger partial charge in [-0.15, -0.1) is 0 Å². The summed E-state index contributed by atoms with van der Waals surface area (Å²) in [5.74, 6) is -0.0717. The number of aromatic nitrogens is 1. The average molecular weight is 292 g/mol. The van der Waals surface area contributed by atoms with Gasteiger partial charge in [-0.1, -0.05) is 29.3 Å². The molecule has 3 rings (SSSR count). The van der Waals surface area contributed by atoms with E-state index in [1.54, 1.807) is 0 Å².